The predicted molar refractivity (Wildman–Crippen MR) is 136 cm³/mol. The summed E-state index contributed by atoms with van der Waals surface area (Å²) < 4.78 is 17.4. The van der Waals surface area contributed by atoms with Crippen LogP contribution in [0.3, 0.4) is 0 Å². The van der Waals surface area contributed by atoms with E-state index in [-0.39, 0.29) is 12.3 Å². The number of hydrazone groups is 1. The van der Waals surface area contributed by atoms with Crippen LogP contribution >= 0.6 is 15.9 Å². The summed E-state index contributed by atoms with van der Waals surface area (Å²) in [7, 11) is 1.58. The molecule has 0 aliphatic rings. The zero-order valence-electron chi connectivity index (χ0n) is 20.0. The maximum Gasteiger partial charge on any atom is 0.262 e. The van der Waals surface area contributed by atoms with Crippen molar-refractivity contribution in [1.82, 2.24) is 10.7 Å². The fourth-order valence-corrected chi connectivity index (χ4v) is 3.51. The molecule has 0 aliphatic carbocycles. The second-order valence-electron chi connectivity index (χ2n) is 7.51. The molecule has 2 amide bonds. The molecule has 8 nitrogen and oxygen atoms in total. The molecule has 1 unspecified atom stereocenters. The molecule has 1 atom stereocenters. The quantitative estimate of drug-likeness (QED) is 0.228. The van der Waals surface area contributed by atoms with Gasteiger partial charge in [-0.25, -0.2) is 5.43 Å². The van der Waals surface area contributed by atoms with Gasteiger partial charge >= 0.3 is 0 Å². The van der Waals surface area contributed by atoms with Gasteiger partial charge in [0, 0.05) is 0 Å². The summed E-state index contributed by atoms with van der Waals surface area (Å²) in [6.07, 6.45) is 3.65. The lowest BCUT2D eigenvalue weighted by Gasteiger charge is -2.14. The molecule has 2 rings (SSSR count). The summed E-state index contributed by atoms with van der Waals surface area (Å²) >= 11 is 3.52. The van der Waals surface area contributed by atoms with Crippen molar-refractivity contribution in [3.05, 3.63) is 52.0 Å². The SMILES string of the molecule is CCCCOc1c(Br)cc(C=NNC(=O)C(C)NC(=O)Cc2ccc(OC)cc2)cc1OCC. The van der Waals surface area contributed by atoms with Crippen LogP contribution in [-0.4, -0.2) is 44.4 Å². The molecule has 0 heterocycles. The number of amides is 2. The second kappa shape index (κ2) is 14.2. The van der Waals surface area contributed by atoms with Gasteiger partial charge in [-0.15, -0.1) is 0 Å². The van der Waals surface area contributed by atoms with Crippen LogP contribution in [0.5, 0.6) is 17.2 Å². The van der Waals surface area contributed by atoms with Gasteiger partial charge in [-0.05, 0) is 71.6 Å². The maximum atomic E-state index is 12.3. The third kappa shape index (κ3) is 8.70. The minimum atomic E-state index is -0.747. The first-order valence-corrected chi connectivity index (χ1v) is 12.0. The second-order valence-corrected chi connectivity index (χ2v) is 8.37. The van der Waals surface area contributed by atoms with E-state index < -0.39 is 11.9 Å². The molecule has 2 aromatic rings. The number of nitrogens with one attached hydrogen (secondary N) is 2. The monoisotopic (exact) mass is 533 g/mol. The van der Waals surface area contributed by atoms with Crippen molar-refractivity contribution in [2.45, 2.75) is 46.1 Å². The van der Waals surface area contributed by atoms with Gasteiger partial charge in [-0.2, -0.15) is 5.10 Å². The lowest BCUT2D eigenvalue weighted by molar-refractivity contribution is -0.128. The number of unbranched alkanes of at least 4 members (excludes halogenated alkanes) is 1. The molecule has 9 heteroatoms. The summed E-state index contributed by atoms with van der Waals surface area (Å²) in [6, 6.07) is 10.1. The van der Waals surface area contributed by atoms with Crippen molar-refractivity contribution in [2.24, 2.45) is 5.10 Å². The van der Waals surface area contributed by atoms with Crippen LogP contribution in [-0.2, 0) is 16.0 Å². The minimum absolute atomic E-state index is 0.159. The van der Waals surface area contributed by atoms with Gasteiger partial charge in [0.1, 0.15) is 11.8 Å². The summed E-state index contributed by atoms with van der Waals surface area (Å²) in [5, 5.41) is 6.69. The van der Waals surface area contributed by atoms with Gasteiger partial charge in [-0.1, -0.05) is 25.5 Å². The average molecular weight is 534 g/mol. The summed E-state index contributed by atoms with van der Waals surface area (Å²) in [4.78, 5) is 24.6. The summed E-state index contributed by atoms with van der Waals surface area (Å²) in [5.41, 5.74) is 3.99. The standard InChI is InChI=1S/C25H32BrN3O5/c1-5-7-12-34-24-21(26)13-19(14-22(24)33-6-2)16-27-29-25(31)17(3)28-23(30)15-18-8-10-20(32-4)11-9-18/h8-11,13-14,16-17H,5-7,12,15H2,1-4H3,(H,28,30)(H,29,31). The fraction of sp³-hybridized carbons (Fsp3) is 0.400. The lowest BCUT2D eigenvalue weighted by Crippen LogP contribution is -2.43. The lowest BCUT2D eigenvalue weighted by atomic mass is 10.1. The van der Waals surface area contributed by atoms with E-state index >= 15 is 0 Å². The van der Waals surface area contributed by atoms with Crippen molar-refractivity contribution < 1.29 is 23.8 Å². The van der Waals surface area contributed by atoms with E-state index in [0.717, 1.165) is 28.4 Å². The molecule has 2 N–H and O–H groups in total. The van der Waals surface area contributed by atoms with E-state index in [2.05, 4.69) is 38.7 Å². The van der Waals surface area contributed by atoms with Gasteiger partial charge in [0.25, 0.3) is 5.91 Å². The Kier molecular flexibility index (Phi) is 11.4. The van der Waals surface area contributed by atoms with Crippen LogP contribution in [0.25, 0.3) is 0 Å². The maximum absolute atomic E-state index is 12.3. The Bertz CT molecular complexity index is 979. The smallest absolute Gasteiger partial charge is 0.262 e. The number of ether oxygens (including phenoxy) is 3. The van der Waals surface area contributed by atoms with Crippen LogP contribution in [0.1, 0.15) is 44.7 Å². The Balaban J connectivity index is 1.92. The minimum Gasteiger partial charge on any atom is -0.497 e. The van der Waals surface area contributed by atoms with Gasteiger partial charge in [0.2, 0.25) is 5.91 Å². The van der Waals surface area contributed by atoms with Crippen LogP contribution in [0.15, 0.2) is 46.0 Å². The average Bonchev–Trinajstić information content (AvgIpc) is 2.81. The molecule has 0 radical (unpaired) electrons. The van der Waals surface area contributed by atoms with Crippen molar-refractivity contribution in [3.8, 4) is 17.2 Å². The zero-order chi connectivity index (χ0) is 24.9. The van der Waals surface area contributed by atoms with Crippen LogP contribution in [0.4, 0.5) is 0 Å². The number of rotatable bonds is 13. The molecule has 0 spiro atoms. The van der Waals surface area contributed by atoms with Crippen LogP contribution in [0, 0.1) is 0 Å². The van der Waals surface area contributed by atoms with Gasteiger partial charge in [0.15, 0.2) is 11.5 Å². The van der Waals surface area contributed by atoms with Gasteiger partial charge < -0.3 is 19.5 Å². The third-order valence-corrected chi connectivity index (χ3v) is 5.35. The van der Waals surface area contributed by atoms with Crippen LogP contribution < -0.4 is 25.0 Å². The topological polar surface area (TPSA) is 98.2 Å². The van der Waals surface area contributed by atoms with Gasteiger partial charge in [0.05, 0.1) is 37.4 Å². The highest BCUT2D eigenvalue weighted by Crippen LogP contribution is 2.36. The molecule has 0 saturated heterocycles. The highest BCUT2D eigenvalue weighted by molar-refractivity contribution is 9.10. The van der Waals surface area contributed by atoms with Crippen molar-refractivity contribution in [2.75, 3.05) is 20.3 Å². The molecular formula is C25H32BrN3O5. The third-order valence-electron chi connectivity index (χ3n) is 4.76. The predicted octanol–water partition coefficient (Wildman–Crippen LogP) is 4.23. The van der Waals surface area contributed by atoms with Crippen molar-refractivity contribution in [3.63, 3.8) is 0 Å². The number of carbonyl (C=O) groups is 2. The molecule has 184 valence electrons. The Morgan fingerprint density at radius 3 is 2.53 bits per heavy atom. The Labute approximate surface area is 209 Å². The molecule has 0 saturated carbocycles. The number of hydrogen-bond donors (Lipinski definition) is 2. The number of benzene rings is 2. The highest BCUT2D eigenvalue weighted by Gasteiger charge is 2.16. The van der Waals surface area contributed by atoms with E-state index in [0.29, 0.717) is 30.5 Å². The first kappa shape index (κ1) is 27.2. The largest absolute Gasteiger partial charge is 0.497 e. The van der Waals surface area contributed by atoms with E-state index in [1.54, 1.807) is 32.2 Å². The number of methoxy groups -OCH3 is 1. The molecule has 0 aromatic heterocycles. The summed E-state index contributed by atoms with van der Waals surface area (Å²) in [5.74, 6) is 1.27. The molecule has 0 aliphatic heterocycles. The number of halogens is 1. The summed E-state index contributed by atoms with van der Waals surface area (Å²) in [6.45, 7) is 6.68. The zero-order valence-corrected chi connectivity index (χ0v) is 21.6. The first-order valence-electron chi connectivity index (χ1n) is 11.2. The highest BCUT2D eigenvalue weighted by atomic mass is 79.9. The van der Waals surface area contributed by atoms with E-state index in [1.807, 2.05) is 25.1 Å². The molecule has 0 bridgehead atoms. The Morgan fingerprint density at radius 1 is 1.15 bits per heavy atom. The van der Waals surface area contributed by atoms with Crippen molar-refractivity contribution >= 4 is 34.0 Å². The molecular weight excluding hydrogens is 502 g/mol. The van der Waals surface area contributed by atoms with E-state index in [9.17, 15) is 9.59 Å². The molecule has 34 heavy (non-hydrogen) atoms. The van der Waals surface area contributed by atoms with Crippen LogP contribution in [0.2, 0.25) is 0 Å². The number of hydrogen-bond acceptors (Lipinski definition) is 6. The van der Waals surface area contributed by atoms with E-state index in [1.165, 1.54) is 6.21 Å². The van der Waals surface area contributed by atoms with E-state index in [4.69, 9.17) is 14.2 Å². The Morgan fingerprint density at radius 2 is 1.88 bits per heavy atom. The molecule has 0 fully saturated rings. The van der Waals surface area contributed by atoms with Crippen molar-refractivity contribution in [1.29, 1.82) is 0 Å². The Hall–Kier alpha value is -3.07. The normalized spacial score (nSPS) is 11.7. The first-order chi connectivity index (χ1) is 16.4. The molecule has 2 aromatic carbocycles. The fourth-order valence-electron chi connectivity index (χ4n) is 2.94. The van der Waals surface area contributed by atoms with Gasteiger partial charge in [-0.3, -0.25) is 9.59 Å². The number of nitrogens with zero attached hydrogens (tertiary/aromatic N) is 1. The number of carbonyl (C=O) groups excluding carboxylic acids is 2.